The number of fused-ring (bicyclic) bond motifs is 2. The van der Waals surface area contributed by atoms with Crippen LogP contribution in [-0.2, 0) is 0 Å². The molecule has 0 fully saturated rings. The molecule has 0 aliphatic carbocycles. The Morgan fingerprint density at radius 2 is 1.42 bits per heavy atom. The van der Waals surface area contributed by atoms with Crippen LogP contribution in [0.3, 0.4) is 0 Å². The highest BCUT2D eigenvalue weighted by atomic mass is 32.1. The summed E-state index contributed by atoms with van der Waals surface area (Å²) in [5.41, 5.74) is 0.550. The van der Waals surface area contributed by atoms with Crippen LogP contribution in [0.5, 0.6) is 0 Å². The van der Waals surface area contributed by atoms with Gasteiger partial charge < -0.3 is 4.84 Å². The minimum Gasteiger partial charge on any atom is -0.330 e. The van der Waals surface area contributed by atoms with E-state index >= 15 is 0 Å². The third kappa shape index (κ3) is 2.47. The maximum atomic E-state index is 12.9. The zero-order chi connectivity index (χ0) is 16.5. The Morgan fingerprint density at radius 3 is 2.04 bits per heavy atom. The van der Waals surface area contributed by atoms with Gasteiger partial charge in [-0.05, 0) is 39.7 Å². The zero-order valence-corrected chi connectivity index (χ0v) is 13.5. The molecule has 0 saturated carbocycles. The van der Waals surface area contributed by atoms with E-state index in [0.29, 0.717) is 10.2 Å². The molecule has 4 heteroatoms. The van der Waals surface area contributed by atoms with Gasteiger partial charge in [0.2, 0.25) is 0 Å². The molecule has 0 N–H and O–H groups in total. The van der Waals surface area contributed by atoms with Crippen molar-refractivity contribution in [3.63, 3.8) is 0 Å². The van der Waals surface area contributed by atoms with Gasteiger partial charge in [0, 0.05) is 6.20 Å². The van der Waals surface area contributed by atoms with Crippen molar-refractivity contribution >= 4 is 39.7 Å². The first-order chi connectivity index (χ1) is 11.7. The largest absolute Gasteiger partial charge is 0.364 e. The van der Waals surface area contributed by atoms with Gasteiger partial charge in [-0.3, -0.25) is 0 Å². The van der Waals surface area contributed by atoms with Crippen molar-refractivity contribution < 1.29 is 9.63 Å². The van der Waals surface area contributed by atoms with Crippen LogP contribution in [0.2, 0.25) is 0 Å². The molecule has 1 heterocycles. The average molecular weight is 331 g/mol. The summed E-state index contributed by atoms with van der Waals surface area (Å²) in [5, 5.41) is 3.73. The van der Waals surface area contributed by atoms with Crippen LogP contribution < -0.4 is 4.84 Å². The van der Waals surface area contributed by atoms with E-state index in [1.54, 1.807) is 24.4 Å². The second kappa shape index (κ2) is 5.91. The summed E-state index contributed by atoms with van der Waals surface area (Å²) in [4.78, 5) is 18.4. The summed E-state index contributed by atoms with van der Waals surface area (Å²) < 4.78 is 1.75. The molecule has 0 amide bonds. The number of hydrogen-bond donors (Lipinski definition) is 0. The van der Waals surface area contributed by atoms with E-state index in [0.717, 1.165) is 21.5 Å². The maximum Gasteiger partial charge on any atom is 0.364 e. The summed E-state index contributed by atoms with van der Waals surface area (Å²) >= 11 is 5.20. The molecule has 1 aromatic heterocycles. The standard InChI is InChI=1S/C20H13NO2S/c22-20(23-21-12-6-5-11-18(21)24)19-16-9-3-1-7-14(16)13-15-8-2-4-10-17(15)19/h1-13H. The SMILES string of the molecule is O=C(On1ccccc1=S)c1c2ccccc2cc2ccccc12. The summed E-state index contributed by atoms with van der Waals surface area (Å²) in [6.45, 7) is 0. The van der Waals surface area contributed by atoms with Crippen molar-refractivity contribution in [2.24, 2.45) is 0 Å². The van der Waals surface area contributed by atoms with E-state index in [9.17, 15) is 4.79 Å². The maximum absolute atomic E-state index is 12.9. The highest BCUT2D eigenvalue weighted by Gasteiger charge is 2.17. The van der Waals surface area contributed by atoms with Crippen LogP contribution in [0.4, 0.5) is 0 Å². The number of carbonyl (C=O) groups excluding carboxylic acids is 1. The van der Waals surface area contributed by atoms with Crippen molar-refractivity contribution in [3.05, 3.63) is 89.2 Å². The van der Waals surface area contributed by atoms with Gasteiger partial charge in [0.25, 0.3) is 0 Å². The number of carbonyl (C=O) groups is 1. The zero-order valence-electron chi connectivity index (χ0n) is 12.7. The lowest BCUT2D eigenvalue weighted by Crippen LogP contribution is -2.20. The number of aromatic nitrogens is 1. The first-order valence-corrected chi connectivity index (χ1v) is 7.96. The normalized spacial score (nSPS) is 10.8. The molecule has 4 rings (SSSR count). The van der Waals surface area contributed by atoms with Crippen LogP contribution in [0, 0.1) is 4.64 Å². The Kier molecular flexibility index (Phi) is 3.59. The highest BCUT2D eigenvalue weighted by molar-refractivity contribution is 7.71. The third-order valence-corrected chi connectivity index (χ3v) is 4.26. The van der Waals surface area contributed by atoms with Gasteiger partial charge in [-0.25, -0.2) is 4.79 Å². The van der Waals surface area contributed by atoms with E-state index in [1.807, 2.05) is 48.5 Å². The van der Waals surface area contributed by atoms with Crippen LogP contribution in [0.1, 0.15) is 10.4 Å². The van der Waals surface area contributed by atoms with E-state index < -0.39 is 5.97 Å². The fourth-order valence-electron chi connectivity index (χ4n) is 2.86. The Morgan fingerprint density at radius 1 is 0.833 bits per heavy atom. The summed E-state index contributed by atoms with van der Waals surface area (Å²) in [6, 6.07) is 23.0. The van der Waals surface area contributed by atoms with Gasteiger partial charge in [0.15, 0.2) is 0 Å². The van der Waals surface area contributed by atoms with Gasteiger partial charge in [-0.15, -0.1) is 0 Å². The van der Waals surface area contributed by atoms with Crippen LogP contribution in [0.15, 0.2) is 79.0 Å². The quantitative estimate of drug-likeness (QED) is 0.391. The highest BCUT2D eigenvalue weighted by Crippen LogP contribution is 2.28. The summed E-state index contributed by atoms with van der Waals surface area (Å²) in [6.07, 6.45) is 1.63. The Bertz CT molecular complexity index is 1080. The predicted molar refractivity (Wildman–Crippen MR) is 97.6 cm³/mol. The molecule has 0 saturated heterocycles. The molecule has 3 nitrogen and oxygen atoms in total. The van der Waals surface area contributed by atoms with Gasteiger partial charge in [-0.1, -0.05) is 66.8 Å². The molecule has 4 aromatic rings. The smallest absolute Gasteiger partial charge is 0.330 e. The molecule has 0 radical (unpaired) electrons. The van der Waals surface area contributed by atoms with Crippen molar-refractivity contribution in [2.75, 3.05) is 0 Å². The van der Waals surface area contributed by atoms with Gasteiger partial charge >= 0.3 is 5.97 Å². The monoisotopic (exact) mass is 331 g/mol. The van der Waals surface area contributed by atoms with Crippen molar-refractivity contribution in [3.8, 4) is 0 Å². The second-order valence-corrected chi connectivity index (χ2v) is 5.86. The van der Waals surface area contributed by atoms with Crippen LogP contribution in [-0.4, -0.2) is 10.7 Å². The molecule has 0 spiro atoms. The molecule has 0 aliphatic rings. The second-order valence-electron chi connectivity index (χ2n) is 5.44. The fourth-order valence-corrected chi connectivity index (χ4v) is 3.03. The minimum absolute atomic E-state index is 0.426. The van der Waals surface area contributed by atoms with E-state index in [2.05, 4.69) is 6.07 Å². The fraction of sp³-hybridized carbons (Fsp3) is 0. The Hall–Kier alpha value is -2.98. The lowest BCUT2D eigenvalue weighted by Gasteiger charge is -2.12. The molecule has 0 bridgehead atoms. The number of pyridine rings is 1. The number of nitrogens with zero attached hydrogens (tertiary/aromatic N) is 1. The number of benzene rings is 3. The van der Waals surface area contributed by atoms with Gasteiger partial charge in [0.1, 0.15) is 4.64 Å². The van der Waals surface area contributed by atoms with Gasteiger partial charge in [0.05, 0.1) is 5.56 Å². The van der Waals surface area contributed by atoms with Crippen molar-refractivity contribution in [1.29, 1.82) is 0 Å². The van der Waals surface area contributed by atoms with Gasteiger partial charge in [-0.2, -0.15) is 4.73 Å². The first-order valence-electron chi connectivity index (χ1n) is 7.55. The number of rotatable bonds is 2. The lowest BCUT2D eigenvalue weighted by atomic mass is 9.97. The molecular formula is C20H13NO2S. The average Bonchev–Trinajstić information content (AvgIpc) is 2.61. The molecule has 116 valence electrons. The third-order valence-electron chi connectivity index (χ3n) is 3.95. The van der Waals surface area contributed by atoms with E-state index in [-0.39, 0.29) is 0 Å². The molecular weight excluding hydrogens is 318 g/mol. The Balaban J connectivity index is 1.95. The lowest BCUT2D eigenvalue weighted by molar-refractivity contribution is 0.0456. The molecule has 3 aromatic carbocycles. The summed E-state index contributed by atoms with van der Waals surface area (Å²) in [5.74, 6) is -0.426. The van der Waals surface area contributed by atoms with Crippen molar-refractivity contribution in [1.82, 2.24) is 4.73 Å². The molecule has 0 aliphatic heterocycles. The predicted octanol–water partition coefficient (Wildman–Crippen LogP) is 4.79. The molecule has 0 unspecified atom stereocenters. The first kappa shape index (κ1) is 14.6. The number of hydrogen-bond acceptors (Lipinski definition) is 3. The minimum atomic E-state index is -0.426. The van der Waals surface area contributed by atoms with Crippen LogP contribution in [0.25, 0.3) is 21.5 Å². The van der Waals surface area contributed by atoms with Crippen LogP contribution >= 0.6 is 12.2 Å². The Labute approximate surface area is 143 Å². The molecule has 24 heavy (non-hydrogen) atoms. The molecule has 0 atom stereocenters. The van der Waals surface area contributed by atoms with E-state index in [1.165, 1.54) is 4.73 Å². The topological polar surface area (TPSA) is 31.2 Å². The van der Waals surface area contributed by atoms with Crippen molar-refractivity contribution in [2.45, 2.75) is 0 Å². The van der Waals surface area contributed by atoms with E-state index in [4.69, 9.17) is 17.1 Å². The summed E-state index contributed by atoms with van der Waals surface area (Å²) in [7, 11) is 0.